The zero-order valence-corrected chi connectivity index (χ0v) is 14.8. The van der Waals surface area contributed by atoms with Crippen LogP contribution >= 0.6 is 12.4 Å². The van der Waals surface area contributed by atoms with Gasteiger partial charge in [-0.1, -0.05) is 0 Å². The van der Waals surface area contributed by atoms with Crippen molar-refractivity contribution >= 4 is 18.3 Å². The van der Waals surface area contributed by atoms with Gasteiger partial charge in [-0.3, -0.25) is 4.79 Å². The molecular formula is C16H25ClN2O4. The lowest BCUT2D eigenvalue weighted by atomic mass is 10.1. The Morgan fingerprint density at radius 1 is 1.22 bits per heavy atom. The Morgan fingerprint density at radius 3 is 2.35 bits per heavy atom. The zero-order valence-electron chi connectivity index (χ0n) is 14.0. The fraction of sp³-hybridized carbons (Fsp3) is 0.562. The smallest absolute Gasteiger partial charge is 0.258 e. The average Bonchev–Trinajstić information content (AvgIpc) is 2.93. The van der Waals surface area contributed by atoms with Crippen LogP contribution in [0.1, 0.15) is 23.7 Å². The first-order chi connectivity index (χ1) is 10.6. The van der Waals surface area contributed by atoms with E-state index < -0.39 is 0 Å². The van der Waals surface area contributed by atoms with Crippen LogP contribution in [0, 0.1) is 5.92 Å². The topological polar surface area (TPSA) is 74.0 Å². The van der Waals surface area contributed by atoms with E-state index >= 15 is 0 Å². The lowest BCUT2D eigenvalue weighted by Crippen LogP contribution is -2.34. The molecule has 1 saturated heterocycles. The van der Waals surface area contributed by atoms with Gasteiger partial charge in [-0.25, -0.2) is 0 Å². The maximum absolute atomic E-state index is 12.9. The largest absolute Gasteiger partial charge is 0.493 e. The molecule has 0 radical (unpaired) electrons. The molecule has 1 aliphatic rings. The second-order valence-electron chi connectivity index (χ2n) is 5.53. The standard InChI is InChI=1S/C16H24N2O4.ClH/c1-10-7-11(8-17)9-18(10)16(19)12-5-6-13(20-2)15(22-4)14(12)21-3;/h5-6,10-11H,7-9,17H2,1-4H3;1H. The van der Waals surface area contributed by atoms with Gasteiger partial charge in [0.1, 0.15) is 0 Å². The summed E-state index contributed by atoms with van der Waals surface area (Å²) in [4.78, 5) is 14.7. The van der Waals surface area contributed by atoms with Gasteiger partial charge in [-0.15, -0.1) is 12.4 Å². The van der Waals surface area contributed by atoms with E-state index in [4.69, 9.17) is 19.9 Å². The quantitative estimate of drug-likeness (QED) is 0.883. The molecule has 1 fully saturated rings. The molecule has 0 bridgehead atoms. The molecule has 2 rings (SSSR count). The molecule has 1 amide bonds. The van der Waals surface area contributed by atoms with Crippen LogP contribution in [0.4, 0.5) is 0 Å². The number of hydrogen-bond acceptors (Lipinski definition) is 5. The van der Waals surface area contributed by atoms with Gasteiger partial charge in [0, 0.05) is 12.6 Å². The number of rotatable bonds is 5. The van der Waals surface area contributed by atoms with Gasteiger partial charge in [0.2, 0.25) is 5.75 Å². The van der Waals surface area contributed by atoms with E-state index in [9.17, 15) is 4.79 Å². The van der Waals surface area contributed by atoms with Crippen LogP contribution in [0.15, 0.2) is 12.1 Å². The van der Waals surface area contributed by atoms with Crippen molar-refractivity contribution in [3.8, 4) is 17.2 Å². The zero-order chi connectivity index (χ0) is 16.3. The third-order valence-electron chi connectivity index (χ3n) is 4.19. The van der Waals surface area contributed by atoms with Crippen molar-refractivity contribution in [1.82, 2.24) is 4.90 Å². The first-order valence-electron chi connectivity index (χ1n) is 7.37. The molecule has 130 valence electrons. The normalized spacial score (nSPS) is 20.0. The molecule has 2 N–H and O–H groups in total. The summed E-state index contributed by atoms with van der Waals surface area (Å²) >= 11 is 0. The number of nitrogens with zero attached hydrogens (tertiary/aromatic N) is 1. The van der Waals surface area contributed by atoms with Gasteiger partial charge in [0.05, 0.1) is 26.9 Å². The number of methoxy groups -OCH3 is 3. The van der Waals surface area contributed by atoms with Crippen molar-refractivity contribution in [3.05, 3.63) is 17.7 Å². The summed E-state index contributed by atoms with van der Waals surface area (Å²) in [6.07, 6.45) is 0.928. The Kier molecular flexibility index (Phi) is 6.97. The molecule has 1 aromatic rings. The van der Waals surface area contributed by atoms with Crippen LogP contribution in [0.25, 0.3) is 0 Å². The molecule has 0 saturated carbocycles. The molecule has 1 heterocycles. The third-order valence-corrected chi connectivity index (χ3v) is 4.19. The van der Waals surface area contributed by atoms with Crippen molar-refractivity contribution < 1.29 is 19.0 Å². The summed E-state index contributed by atoms with van der Waals surface area (Å²) in [6.45, 7) is 3.31. The number of benzene rings is 1. The predicted octanol–water partition coefficient (Wildman–Crippen LogP) is 1.94. The second-order valence-corrected chi connectivity index (χ2v) is 5.53. The molecule has 2 unspecified atom stereocenters. The highest BCUT2D eigenvalue weighted by molar-refractivity contribution is 5.98. The van der Waals surface area contributed by atoms with Gasteiger partial charge in [0.25, 0.3) is 5.91 Å². The number of carbonyl (C=O) groups excluding carboxylic acids is 1. The summed E-state index contributed by atoms with van der Waals surface area (Å²) in [7, 11) is 4.59. The molecule has 1 aliphatic heterocycles. The van der Waals surface area contributed by atoms with E-state index in [1.165, 1.54) is 14.2 Å². The van der Waals surface area contributed by atoms with E-state index in [0.717, 1.165) is 6.42 Å². The molecule has 0 aliphatic carbocycles. The van der Waals surface area contributed by atoms with Gasteiger partial charge >= 0.3 is 0 Å². The Morgan fingerprint density at radius 2 is 1.87 bits per heavy atom. The maximum atomic E-state index is 12.9. The number of ether oxygens (including phenoxy) is 3. The summed E-state index contributed by atoms with van der Waals surface area (Å²) in [5.74, 6) is 1.64. The Bertz CT molecular complexity index is 553. The summed E-state index contributed by atoms with van der Waals surface area (Å²) in [5.41, 5.74) is 6.21. The Hall–Kier alpha value is -1.66. The minimum atomic E-state index is -0.0683. The van der Waals surface area contributed by atoms with Gasteiger partial charge < -0.3 is 24.8 Å². The summed E-state index contributed by atoms with van der Waals surface area (Å²) in [6, 6.07) is 3.60. The van der Waals surface area contributed by atoms with Crippen molar-refractivity contribution in [2.75, 3.05) is 34.4 Å². The molecule has 0 aromatic heterocycles. The molecule has 0 spiro atoms. The number of nitrogens with two attached hydrogens (primary N) is 1. The van der Waals surface area contributed by atoms with Gasteiger partial charge in [-0.2, -0.15) is 0 Å². The van der Waals surface area contributed by atoms with E-state index in [0.29, 0.717) is 41.8 Å². The van der Waals surface area contributed by atoms with Crippen LogP contribution in [0.3, 0.4) is 0 Å². The molecule has 23 heavy (non-hydrogen) atoms. The van der Waals surface area contributed by atoms with Crippen LogP contribution in [0.5, 0.6) is 17.2 Å². The highest BCUT2D eigenvalue weighted by atomic mass is 35.5. The van der Waals surface area contributed by atoms with E-state index in [1.54, 1.807) is 19.2 Å². The van der Waals surface area contributed by atoms with E-state index in [-0.39, 0.29) is 24.4 Å². The van der Waals surface area contributed by atoms with Gasteiger partial charge in [-0.05, 0) is 37.9 Å². The molecule has 1 aromatic carbocycles. The van der Waals surface area contributed by atoms with Crippen molar-refractivity contribution in [2.24, 2.45) is 11.7 Å². The van der Waals surface area contributed by atoms with Crippen molar-refractivity contribution in [3.63, 3.8) is 0 Å². The lowest BCUT2D eigenvalue weighted by molar-refractivity contribution is 0.0739. The molecule has 6 nitrogen and oxygen atoms in total. The van der Waals surface area contributed by atoms with Crippen LogP contribution in [-0.2, 0) is 0 Å². The molecule has 7 heteroatoms. The fourth-order valence-corrected chi connectivity index (χ4v) is 3.02. The second kappa shape index (κ2) is 8.26. The first-order valence-corrected chi connectivity index (χ1v) is 7.37. The van der Waals surface area contributed by atoms with Crippen LogP contribution < -0.4 is 19.9 Å². The first kappa shape index (κ1) is 19.4. The number of halogens is 1. The third kappa shape index (κ3) is 3.64. The number of amides is 1. The summed E-state index contributed by atoms with van der Waals surface area (Å²) in [5, 5.41) is 0. The number of carbonyl (C=O) groups is 1. The minimum absolute atomic E-state index is 0. The SMILES string of the molecule is COc1ccc(C(=O)N2CC(CN)CC2C)c(OC)c1OC.Cl. The lowest BCUT2D eigenvalue weighted by Gasteiger charge is -2.23. The predicted molar refractivity (Wildman–Crippen MR) is 91.0 cm³/mol. The average molecular weight is 345 g/mol. The highest BCUT2D eigenvalue weighted by Gasteiger charge is 2.34. The minimum Gasteiger partial charge on any atom is -0.493 e. The monoisotopic (exact) mass is 344 g/mol. The maximum Gasteiger partial charge on any atom is 0.258 e. The number of likely N-dealkylation sites (tertiary alicyclic amines) is 1. The van der Waals surface area contributed by atoms with E-state index in [2.05, 4.69) is 0 Å². The Labute approximate surface area is 143 Å². The van der Waals surface area contributed by atoms with E-state index in [1.807, 2.05) is 11.8 Å². The molecule has 2 atom stereocenters. The number of hydrogen-bond donors (Lipinski definition) is 1. The van der Waals surface area contributed by atoms with Crippen LogP contribution in [-0.4, -0.2) is 51.3 Å². The summed E-state index contributed by atoms with van der Waals surface area (Å²) < 4.78 is 16.0. The van der Waals surface area contributed by atoms with Gasteiger partial charge in [0.15, 0.2) is 11.5 Å². The molecular weight excluding hydrogens is 320 g/mol. The fourth-order valence-electron chi connectivity index (χ4n) is 3.02. The van der Waals surface area contributed by atoms with Crippen molar-refractivity contribution in [1.29, 1.82) is 0 Å². The Balaban J connectivity index is 0.00000264. The highest BCUT2D eigenvalue weighted by Crippen LogP contribution is 2.40. The van der Waals surface area contributed by atoms with Crippen molar-refractivity contribution in [2.45, 2.75) is 19.4 Å². The van der Waals surface area contributed by atoms with Crippen LogP contribution in [0.2, 0.25) is 0 Å².